The zero-order chi connectivity index (χ0) is 12.1. The lowest BCUT2D eigenvalue weighted by Gasteiger charge is -2.09. The average molecular weight is 263 g/mol. The van der Waals surface area contributed by atoms with Crippen molar-refractivity contribution in [2.45, 2.75) is 13.5 Å². The molecule has 0 saturated heterocycles. The average Bonchev–Trinajstić information content (AvgIpc) is 2.74. The molecule has 2 aromatic rings. The summed E-state index contributed by atoms with van der Waals surface area (Å²) >= 11 is 6.85. The number of rotatable bonds is 3. The number of hydrogen-bond acceptors (Lipinski definition) is 3. The van der Waals surface area contributed by atoms with E-state index in [0.717, 1.165) is 17.9 Å². The summed E-state index contributed by atoms with van der Waals surface area (Å²) < 4.78 is 0. The zero-order valence-electron chi connectivity index (χ0n) is 9.43. The fourth-order valence-electron chi connectivity index (χ4n) is 1.35. The Kier molecular flexibility index (Phi) is 4.06. The molecule has 0 spiro atoms. The van der Waals surface area contributed by atoms with E-state index in [2.05, 4.69) is 15.6 Å². The zero-order valence-corrected chi connectivity index (χ0v) is 11.1. The number of para-hydroxylation sites is 1. The highest BCUT2D eigenvalue weighted by atomic mass is 32.1. The van der Waals surface area contributed by atoms with Crippen LogP contribution in [0.25, 0.3) is 0 Å². The maximum absolute atomic E-state index is 5.21. The van der Waals surface area contributed by atoms with Gasteiger partial charge in [-0.15, -0.1) is 11.3 Å². The standard InChI is InChI=1S/C12H13N3S2/c1-9-11(17-8-14-9)7-13-12(16)15-10-5-3-2-4-6-10/h2-6,8H,7H2,1H3,(H2,13,15,16). The molecule has 0 saturated carbocycles. The fraction of sp³-hybridized carbons (Fsp3) is 0.167. The van der Waals surface area contributed by atoms with Gasteiger partial charge in [-0.25, -0.2) is 4.98 Å². The number of aromatic nitrogens is 1. The topological polar surface area (TPSA) is 37.0 Å². The Morgan fingerprint density at radius 3 is 2.76 bits per heavy atom. The molecule has 17 heavy (non-hydrogen) atoms. The number of aryl methyl sites for hydroxylation is 1. The summed E-state index contributed by atoms with van der Waals surface area (Å²) in [5.74, 6) is 0. The van der Waals surface area contributed by atoms with E-state index in [9.17, 15) is 0 Å². The molecule has 0 amide bonds. The first-order valence-corrected chi connectivity index (χ1v) is 6.53. The molecule has 0 fully saturated rings. The van der Waals surface area contributed by atoms with E-state index in [1.807, 2.05) is 42.8 Å². The van der Waals surface area contributed by atoms with Crippen LogP contribution in [0.15, 0.2) is 35.8 Å². The maximum Gasteiger partial charge on any atom is 0.171 e. The van der Waals surface area contributed by atoms with Crippen LogP contribution < -0.4 is 10.6 Å². The number of nitrogens with one attached hydrogen (secondary N) is 2. The van der Waals surface area contributed by atoms with Gasteiger partial charge in [0.05, 0.1) is 17.7 Å². The van der Waals surface area contributed by atoms with Gasteiger partial charge in [0.2, 0.25) is 0 Å². The maximum atomic E-state index is 5.21. The van der Waals surface area contributed by atoms with Gasteiger partial charge in [0.15, 0.2) is 5.11 Å². The first kappa shape index (κ1) is 12.0. The third kappa shape index (κ3) is 3.51. The molecular weight excluding hydrogens is 250 g/mol. The lowest BCUT2D eigenvalue weighted by atomic mass is 10.3. The minimum absolute atomic E-state index is 0.629. The molecule has 0 bridgehead atoms. The number of benzene rings is 1. The molecular formula is C12H13N3S2. The van der Waals surface area contributed by atoms with Gasteiger partial charge in [-0.05, 0) is 31.3 Å². The molecule has 0 atom stereocenters. The van der Waals surface area contributed by atoms with Crippen molar-refractivity contribution < 1.29 is 0 Å². The van der Waals surface area contributed by atoms with Gasteiger partial charge in [0.1, 0.15) is 0 Å². The fourth-order valence-corrected chi connectivity index (χ4v) is 2.26. The molecule has 0 aliphatic carbocycles. The summed E-state index contributed by atoms with van der Waals surface area (Å²) in [7, 11) is 0. The predicted octanol–water partition coefficient (Wildman–Crippen LogP) is 2.94. The summed E-state index contributed by atoms with van der Waals surface area (Å²) in [6.07, 6.45) is 0. The number of thiazole rings is 1. The van der Waals surface area contributed by atoms with Crippen molar-refractivity contribution in [3.8, 4) is 0 Å². The van der Waals surface area contributed by atoms with E-state index < -0.39 is 0 Å². The van der Waals surface area contributed by atoms with Crippen LogP contribution in [0.2, 0.25) is 0 Å². The van der Waals surface area contributed by atoms with Crippen molar-refractivity contribution >= 4 is 34.4 Å². The van der Waals surface area contributed by atoms with Crippen LogP contribution >= 0.6 is 23.6 Å². The lowest BCUT2D eigenvalue weighted by molar-refractivity contribution is 0.929. The Labute approximate surface area is 110 Å². The Morgan fingerprint density at radius 2 is 2.12 bits per heavy atom. The molecule has 0 aliphatic heterocycles. The molecule has 88 valence electrons. The van der Waals surface area contributed by atoms with Crippen LogP contribution in [0.4, 0.5) is 5.69 Å². The van der Waals surface area contributed by atoms with E-state index in [0.29, 0.717) is 5.11 Å². The van der Waals surface area contributed by atoms with Crippen LogP contribution in [0, 0.1) is 6.92 Å². The van der Waals surface area contributed by atoms with E-state index in [1.54, 1.807) is 11.3 Å². The second kappa shape index (κ2) is 5.75. The molecule has 3 nitrogen and oxygen atoms in total. The van der Waals surface area contributed by atoms with Crippen molar-refractivity contribution in [3.63, 3.8) is 0 Å². The molecule has 1 aromatic carbocycles. The predicted molar refractivity (Wildman–Crippen MR) is 76.4 cm³/mol. The second-order valence-corrected chi connectivity index (χ2v) is 4.88. The molecule has 1 heterocycles. The van der Waals surface area contributed by atoms with Crippen molar-refractivity contribution in [3.05, 3.63) is 46.4 Å². The highest BCUT2D eigenvalue weighted by Crippen LogP contribution is 2.11. The lowest BCUT2D eigenvalue weighted by Crippen LogP contribution is -2.27. The summed E-state index contributed by atoms with van der Waals surface area (Å²) in [4.78, 5) is 5.40. The molecule has 1 aromatic heterocycles. The van der Waals surface area contributed by atoms with Gasteiger partial charge in [-0.1, -0.05) is 18.2 Å². The normalized spacial score (nSPS) is 9.94. The highest BCUT2D eigenvalue weighted by molar-refractivity contribution is 7.80. The molecule has 2 N–H and O–H groups in total. The minimum atomic E-state index is 0.629. The van der Waals surface area contributed by atoms with Crippen molar-refractivity contribution in [1.82, 2.24) is 10.3 Å². The van der Waals surface area contributed by atoms with Gasteiger partial charge in [0, 0.05) is 10.6 Å². The number of hydrogen-bond donors (Lipinski definition) is 2. The van der Waals surface area contributed by atoms with E-state index in [1.165, 1.54) is 4.88 Å². The van der Waals surface area contributed by atoms with Gasteiger partial charge in [-0.3, -0.25) is 0 Å². The summed E-state index contributed by atoms with van der Waals surface area (Å²) in [5.41, 5.74) is 3.90. The minimum Gasteiger partial charge on any atom is -0.357 e. The van der Waals surface area contributed by atoms with Crippen LogP contribution in [0.5, 0.6) is 0 Å². The van der Waals surface area contributed by atoms with Crippen LogP contribution in [0.3, 0.4) is 0 Å². The van der Waals surface area contributed by atoms with E-state index >= 15 is 0 Å². The third-order valence-electron chi connectivity index (χ3n) is 2.29. The monoisotopic (exact) mass is 263 g/mol. The molecule has 0 unspecified atom stereocenters. The highest BCUT2D eigenvalue weighted by Gasteiger charge is 2.02. The Bertz CT molecular complexity index is 493. The second-order valence-electron chi connectivity index (χ2n) is 3.53. The van der Waals surface area contributed by atoms with Crippen LogP contribution in [-0.2, 0) is 6.54 Å². The van der Waals surface area contributed by atoms with Crippen molar-refractivity contribution in [2.75, 3.05) is 5.32 Å². The molecule has 0 radical (unpaired) electrons. The molecule has 5 heteroatoms. The van der Waals surface area contributed by atoms with Gasteiger partial charge < -0.3 is 10.6 Å². The quantitative estimate of drug-likeness (QED) is 0.835. The summed E-state index contributed by atoms with van der Waals surface area (Å²) in [6, 6.07) is 9.87. The number of anilines is 1. The SMILES string of the molecule is Cc1ncsc1CNC(=S)Nc1ccccc1. The Morgan fingerprint density at radius 1 is 1.35 bits per heavy atom. The smallest absolute Gasteiger partial charge is 0.171 e. The summed E-state index contributed by atoms with van der Waals surface area (Å²) in [5, 5.41) is 6.92. The first-order chi connectivity index (χ1) is 8.25. The number of thiocarbonyl (C=S) groups is 1. The van der Waals surface area contributed by atoms with Crippen molar-refractivity contribution in [2.24, 2.45) is 0 Å². The Balaban J connectivity index is 1.84. The largest absolute Gasteiger partial charge is 0.357 e. The van der Waals surface area contributed by atoms with Gasteiger partial charge >= 0.3 is 0 Å². The number of nitrogens with zero attached hydrogens (tertiary/aromatic N) is 1. The Hall–Kier alpha value is -1.46. The van der Waals surface area contributed by atoms with Crippen LogP contribution in [-0.4, -0.2) is 10.1 Å². The summed E-state index contributed by atoms with van der Waals surface area (Å²) in [6.45, 7) is 2.72. The van der Waals surface area contributed by atoms with E-state index in [4.69, 9.17) is 12.2 Å². The van der Waals surface area contributed by atoms with Gasteiger partial charge in [-0.2, -0.15) is 0 Å². The van der Waals surface area contributed by atoms with Crippen LogP contribution in [0.1, 0.15) is 10.6 Å². The van der Waals surface area contributed by atoms with Crippen molar-refractivity contribution in [1.29, 1.82) is 0 Å². The first-order valence-electron chi connectivity index (χ1n) is 5.24. The molecule has 2 rings (SSSR count). The third-order valence-corrected chi connectivity index (χ3v) is 3.47. The van der Waals surface area contributed by atoms with Gasteiger partial charge in [0.25, 0.3) is 0 Å². The molecule has 0 aliphatic rings. The van der Waals surface area contributed by atoms with E-state index in [-0.39, 0.29) is 0 Å².